The quantitative estimate of drug-likeness (QED) is 0.292. The molecule has 0 aliphatic rings. The van der Waals surface area contributed by atoms with Gasteiger partial charge in [0, 0.05) is 6.42 Å². The van der Waals surface area contributed by atoms with E-state index < -0.39 is 43.6 Å². The van der Waals surface area contributed by atoms with Crippen LogP contribution in [0, 0.1) is 6.92 Å². The molecule has 4 atom stereocenters. The number of hydrogen-bond donors (Lipinski definition) is 6. The summed E-state index contributed by atoms with van der Waals surface area (Å²) in [5.74, 6) is -0.350. The molecule has 26 heavy (non-hydrogen) atoms. The van der Waals surface area contributed by atoms with Crippen LogP contribution in [0.2, 0.25) is 0 Å². The number of esters is 1. The molecule has 8 nitrogen and oxygen atoms in total. The van der Waals surface area contributed by atoms with Crippen LogP contribution < -0.4 is 0 Å². The highest BCUT2D eigenvalue weighted by Crippen LogP contribution is 2.25. The average molecular weight is 372 g/mol. The summed E-state index contributed by atoms with van der Waals surface area (Å²) in [4.78, 5) is 11.8. The molecular weight excluding hydrogens is 344 g/mol. The maximum Gasteiger partial charge on any atom is 0.306 e. The normalized spacial score (nSPS) is 16.0. The van der Waals surface area contributed by atoms with Crippen LogP contribution in [-0.2, 0) is 22.4 Å². The number of aryl methyl sites for hydroxylation is 3. The maximum absolute atomic E-state index is 11.8. The van der Waals surface area contributed by atoms with E-state index in [0.29, 0.717) is 12.8 Å². The van der Waals surface area contributed by atoms with Gasteiger partial charge in [-0.1, -0.05) is 19.1 Å². The topological polar surface area (TPSA) is 148 Å². The molecule has 0 heterocycles. The molecule has 1 aromatic rings. The number of aliphatic hydroxyl groups is 5. The van der Waals surface area contributed by atoms with Crippen LogP contribution in [0.25, 0.3) is 0 Å². The van der Waals surface area contributed by atoms with Crippen molar-refractivity contribution in [2.45, 2.75) is 57.5 Å². The van der Waals surface area contributed by atoms with Crippen molar-refractivity contribution in [2.75, 3.05) is 13.2 Å². The van der Waals surface area contributed by atoms with Crippen molar-refractivity contribution in [1.82, 2.24) is 0 Å². The molecule has 148 valence electrons. The molecule has 0 saturated heterocycles. The van der Waals surface area contributed by atoms with E-state index in [1.165, 1.54) is 0 Å². The first-order chi connectivity index (χ1) is 12.2. The number of benzene rings is 1. The minimum absolute atomic E-state index is 0.0397. The number of carbonyl (C=O) groups excluding carboxylic acids is 1. The highest BCUT2D eigenvalue weighted by Gasteiger charge is 2.30. The Morgan fingerprint density at radius 3 is 2.31 bits per heavy atom. The lowest BCUT2D eigenvalue weighted by Crippen LogP contribution is -2.47. The van der Waals surface area contributed by atoms with E-state index >= 15 is 0 Å². The van der Waals surface area contributed by atoms with Crippen LogP contribution in [0.1, 0.15) is 30.0 Å². The van der Waals surface area contributed by atoms with Gasteiger partial charge in [-0.25, -0.2) is 0 Å². The van der Waals surface area contributed by atoms with Gasteiger partial charge in [-0.3, -0.25) is 4.79 Å². The summed E-state index contributed by atoms with van der Waals surface area (Å²) in [5.41, 5.74) is 2.39. The monoisotopic (exact) mass is 372 g/mol. The number of carbonyl (C=O) groups is 1. The second kappa shape index (κ2) is 10.4. The van der Waals surface area contributed by atoms with Gasteiger partial charge in [-0.05, 0) is 36.5 Å². The fourth-order valence-corrected chi connectivity index (χ4v) is 2.51. The smallest absolute Gasteiger partial charge is 0.306 e. The fraction of sp³-hybridized carbons (Fsp3) is 0.611. The Labute approximate surface area is 152 Å². The lowest BCUT2D eigenvalue weighted by atomic mass is 10.0. The molecule has 0 amide bonds. The molecule has 0 bridgehead atoms. The van der Waals surface area contributed by atoms with E-state index in [-0.39, 0.29) is 12.2 Å². The second-order valence-corrected chi connectivity index (χ2v) is 6.26. The highest BCUT2D eigenvalue weighted by molar-refractivity contribution is 5.69. The van der Waals surface area contributed by atoms with Crippen molar-refractivity contribution in [3.8, 4) is 5.75 Å². The van der Waals surface area contributed by atoms with Gasteiger partial charge in [0.1, 0.15) is 36.8 Å². The van der Waals surface area contributed by atoms with Crippen molar-refractivity contribution in [3.05, 3.63) is 28.8 Å². The van der Waals surface area contributed by atoms with Gasteiger partial charge in [0.25, 0.3) is 0 Å². The zero-order valence-corrected chi connectivity index (χ0v) is 15.0. The van der Waals surface area contributed by atoms with E-state index in [0.717, 1.165) is 16.7 Å². The first-order valence-electron chi connectivity index (χ1n) is 8.51. The third-order valence-corrected chi connectivity index (χ3v) is 4.18. The van der Waals surface area contributed by atoms with E-state index in [9.17, 15) is 30.3 Å². The molecule has 8 heteroatoms. The molecule has 0 aliphatic carbocycles. The molecule has 1 rings (SSSR count). The number of ether oxygens (including phenoxy) is 1. The summed E-state index contributed by atoms with van der Waals surface area (Å²) >= 11 is 0. The maximum atomic E-state index is 11.8. The standard InChI is InChI=1S/C18H28O8/c1-3-12-7-11(6-10(2)16(12)23)4-5-15(22)26-9-14(21)18(25)17(24)13(20)8-19/h6-7,13-14,17-21,23-25H,3-5,8-9H2,1-2H3. The van der Waals surface area contributed by atoms with Gasteiger partial charge in [0.2, 0.25) is 0 Å². The van der Waals surface area contributed by atoms with Crippen molar-refractivity contribution >= 4 is 5.97 Å². The largest absolute Gasteiger partial charge is 0.507 e. The first-order valence-corrected chi connectivity index (χ1v) is 8.51. The Morgan fingerprint density at radius 2 is 1.73 bits per heavy atom. The van der Waals surface area contributed by atoms with Crippen molar-refractivity contribution in [3.63, 3.8) is 0 Å². The SMILES string of the molecule is CCc1cc(CCC(=O)OCC(O)C(O)C(O)C(O)CO)cc(C)c1O. The van der Waals surface area contributed by atoms with Gasteiger partial charge < -0.3 is 35.4 Å². The van der Waals surface area contributed by atoms with Crippen LogP contribution in [0.4, 0.5) is 0 Å². The summed E-state index contributed by atoms with van der Waals surface area (Å²) in [5, 5.41) is 56.6. The number of hydrogen-bond acceptors (Lipinski definition) is 8. The molecule has 0 spiro atoms. The Hall–Kier alpha value is -1.71. The Balaban J connectivity index is 2.49. The van der Waals surface area contributed by atoms with Crippen molar-refractivity contribution < 1.29 is 40.2 Å². The van der Waals surface area contributed by atoms with Crippen molar-refractivity contribution in [2.24, 2.45) is 0 Å². The zero-order chi connectivity index (χ0) is 19.9. The Kier molecular flexibility index (Phi) is 8.97. The number of aliphatic hydroxyl groups excluding tert-OH is 5. The summed E-state index contributed by atoms with van der Waals surface area (Å²) in [6.45, 7) is 2.36. The Morgan fingerprint density at radius 1 is 1.12 bits per heavy atom. The number of rotatable bonds is 10. The third kappa shape index (κ3) is 6.22. The van der Waals surface area contributed by atoms with E-state index in [2.05, 4.69) is 0 Å². The van der Waals surface area contributed by atoms with Crippen LogP contribution in [0.3, 0.4) is 0 Å². The summed E-state index contributed by atoms with van der Waals surface area (Å²) < 4.78 is 4.87. The minimum atomic E-state index is -1.77. The average Bonchev–Trinajstić information content (AvgIpc) is 2.64. The lowest BCUT2D eigenvalue weighted by molar-refractivity contribution is -0.156. The molecule has 6 N–H and O–H groups in total. The fourth-order valence-electron chi connectivity index (χ4n) is 2.51. The minimum Gasteiger partial charge on any atom is -0.507 e. The Bertz CT molecular complexity index is 589. The summed E-state index contributed by atoms with van der Waals surface area (Å²) in [6.07, 6.45) is -5.65. The molecule has 4 unspecified atom stereocenters. The molecule has 0 aromatic heterocycles. The van der Waals surface area contributed by atoms with Gasteiger partial charge >= 0.3 is 5.97 Å². The van der Waals surface area contributed by atoms with Crippen LogP contribution in [0.5, 0.6) is 5.75 Å². The van der Waals surface area contributed by atoms with Gasteiger partial charge in [0.05, 0.1) is 6.61 Å². The molecule has 0 saturated carbocycles. The predicted molar refractivity (Wildman–Crippen MR) is 92.6 cm³/mol. The predicted octanol–water partition coefficient (Wildman–Crippen LogP) is -0.825. The molecule has 1 aromatic carbocycles. The van der Waals surface area contributed by atoms with Gasteiger partial charge in [-0.2, -0.15) is 0 Å². The third-order valence-electron chi connectivity index (χ3n) is 4.18. The molecule has 0 radical (unpaired) electrons. The summed E-state index contributed by atoms with van der Waals surface area (Å²) in [6, 6.07) is 3.61. The molecule has 0 aliphatic heterocycles. The van der Waals surface area contributed by atoms with Crippen LogP contribution in [0.15, 0.2) is 12.1 Å². The van der Waals surface area contributed by atoms with E-state index in [4.69, 9.17) is 9.84 Å². The van der Waals surface area contributed by atoms with Gasteiger partial charge in [0.15, 0.2) is 0 Å². The number of phenols is 1. The van der Waals surface area contributed by atoms with E-state index in [1.807, 2.05) is 13.0 Å². The van der Waals surface area contributed by atoms with Crippen LogP contribution in [-0.4, -0.2) is 74.2 Å². The van der Waals surface area contributed by atoms with Crippen molar-refractivity contribution in [1.29, 1.82) is 0 Å². The number of phenolic OH excluding ortho intramolecular Hbond substituents is 1. The lowest BCUT2D eigenvalue weighted by Gasteiger charge is -2.25. The van der Waals surface area contributed by atoms with Crippen LogP contribution >= 0.6 is 0 Å². The second-order valence-electron chi connectivity index (χ2n) is 6.26. The molecular formula is C18H28O8. The first kappa shape index (κ1) is 22.3. The number of aromatic hydroxyl groups is 1. The van der Waals surface area contributed by atoms with Gasteiger partial charge in [-0.15, -0.1) is 0 Å². The molecule has 0 fully saturated rings. The zero-order valence-electron chi connectivity index (χ0n) is 15.0. The highest BCUT2D eigenvalue weighted by atomic mass is 16.5. The van der Waals surface area contributed by atoms with E-state index in [1.54, 1.807) is 13.0 Å². The summed E-state index contributed by atoms with van der Waals surface area (Å²) in [7, 11) is 0.